The molecule has 1 N–H and O–H groups in total. The van der Waals surface area contributed by atoms with Crippen LogP contribution in [0.1, 0.15) is 30.9 Å². The van der Waals surface area contributed by atoms with Crippen LogP contribution in [0.3, 0.4) is 0 Å². The summed E-state index contributed by atoms with van der Waals surface area (Å²) in [6.07, 6.45) is -11.0. The number of hydrogen-bond acceptors (Lipinski definition) is 1. The number of benzene rings is 1. The Morgan fingerprint density at radius 1 is 0.900 bits per heavy atom. The zero-order chi connectivity index (χ0) is 15.2. The smallest absolute Gasteiger partial charge is 0.310 e. The first-order valence-corrected chi connectivity index (χ1v) is 6.09. The third-order valence-corrected chi connectivity index (χ3v) is 2.67. The van der Waals surface area contributed by atoms with Crippen molar-refractivity contribution in [2.45, 2.75) is 37.7 Å². The molecule has 1 unspecified atom stereocenters. The van der Waals surface area contributed by atoms with Crippen LogP contribution >= 0.6 is 0 Å². The van der Waals surface area contributed by atoms with Crippen molar-refractivity contribution in [3.05, 3.63) is 35.9 Å². The van der Waals surface area contributed by atoms with E-state index in [1.165, 1.54) is 12.1 Å². The second-order valence-corrected chi connectivity index (χ2v) is 4.46. The maximum absolute atomic E-state index is 12.5. The number of nitrogens with one attached hydrogen (secondary N) is 1. The molecule has 0 amide bonds. The topological polar surface area (TPSA) is 12.0 Å². The largest absolute Gasteiger partial charge is 0.390 e. The van der Waals surface area contributed by atoms with Gasteiger partial charge in [-0.15, -0.1) is 0 Å². The first kappa shape index (κ1) is 16.8. The lowest BCUT2D eigenvalue weighted by Gasteiger charge is -2.21. The van der Waals surface area contributed by atoms with Gasteiger partial charge in [0.15, 0.2) is 0 Å². The molecule has 0 aliphatic rings. The van der Waals surface area contributed by atoms with E-state index < -0.39 is 31.2 Å². The Bertz CT molecular complexity index is 384. The Hall–Kier alpha value is -1.24. The average Bonchev–Trinajstić information content (AvgIpc) is 2.31. The van der Waals surface area contributed by atoms with Gasteiger partial charge in [-0.25, -0.2) is 0 Å². The predicted octanol–water partition coefficient (Wildman–Crippen LogP) is 4.61. The molecule has 1 atom stereocenters. The number of rotatable bonds is 6. The molecule has 20 heavy (non-hydrogen) atoms. The van der Waals surface area contributed by atoms with Crippen LogP contribution in [-0.4, -0.2) is 18.9 Å². The van der Waals surface area contributed by atoms with Crippen LogP contribution in [0.2, 0.25) is 0 Å². The average molecular weight is 299 g/mol. The lowest BCUT2D eigenvalue weighted by molar-refractivity contribution is -0.142. The van der Waals surface area contributed by atoms with Crippen LogP contribution in [0.4, 0.5) is 26.3 Å². The van der Waals surface area contributed by atoms with Gasteiger partial charge in [-0.3, -0.25) is 0 Å². The normalized spacial score (nSPS) is 14.3. The molecule has 1 rings (SSSR count). The Morgan fingerprint density at radius 3 is 2.00 bits per heavy atom. The molecule has 0 radical (unpaired) electrons. The zero-order valence-corrected chi connectivity index (χ0v) is 10.6. The van der Waals surface area contributed by atoms with E-state index >= 15 is 0 Å². The summed E-state index contributed by atoms with van der Waals surface area (Å²) in [4.78, 5) is 0. The van der Waals surface area contributed by atoms with Gasteiger partial charge in [0.25, 0.3) is 0 Å². The molecule has 1 aromatic rings. The van der Waals surface area contributed by atoms with Crippen LogP contribution in [0.15, 0.2) is 30.3 Å². The fraction of sp³-hybridized carbons (Fsp3) is 0.538. The predicted molar refractivity (Wildman–Crippen MR) is 63.1 cm³/mol. The molecule has 0 fully saturated rings. The van der Waals surface area contributed by atoms with Crippen LogP contribution in [0, 0.1) is 0 Å². The molecule has 7 heteroatoms. The maximum Gasteiger partial charge on any atom is 0.390 e. The summed E-state index contributed by atoms with van der Waals surface area (Å²) >= 11 is 0. The van der Waals surface area contributed by atoms with Gasteiger partial charge < -0.3 is 5.32 Å². The van der Waals surface area contributed by atoms with E-state index in [9.17, 15) is 26.3 Å². The SMILES string of the molecule is FC(F)(F)CCCNC(CC(F)(F)F)c1ccccc1. The van der Waals surface area contributed by atoms with E-state index in [0.29, 0.717) is 5.56 Å². The van der Waals surface area contributed by atoms with Crippen molar-refractivity contribution in [3.8, 4) is 0 Å². The summed E-state index contributed by atoms with van der Waals surface area (Å²) < 4.78 is 73.3. The van der Waals surface area contributed by atoms with Crippen molar-refractivity contribution in [3.63, 3.8) is 0 Å². The Morgan fingerprint density at radius 2 is 1.50 bits per heavy atom. The van der Waals surface area contributed by atoms with E-state index in [1.54, 1.807) is 18.2 Å². The van der Waals surface area contributed by atoms with Crippen molar-refractivity contribution in [1.29, 1.82) is 0 Å². The van der Waals surface area contributed by atoms with Gasteiger partial charge in [-0.1, -0.05) is 30.3 Å². The second kappa shape index (κ2) is 6.97. The maximum atomic E-state index is 12.5. The summed E-state index contributed by atoms with van der Waals surface area (Å²) in [6, 6.07) is 6.87. The fourth-order valence-corrected chi connectivity index (χ4v) is 1.79. The monoisotopic (exact) mass is 299 g/mol. The zero-order valence-electron chi connectivity index (χ0n) is 10.6. The summed E-state index contributed by atoms with van der Waals surface area (Å²) in [6.45, 7) is -0.116. The first-order chi connectivity index (χ1) is 9.17. The second-order valence-electron chi connectivity index (χ2n) is 4.46. The van der Waals surface area contributed by atoms with Gasteiger partial charge >= 0.3 is 12.4 Å². The van der Waals surface area contributed by atoms with Crippen LogP contribution in [0.5, 0.6) is 0 Å². The highest BCUT2D eigenvalue weighted by Gasteiger charge is 2.32. The molecule has 114 valence electrons. The molecule has 0 saturated carbocycles. The summed E-state index contributed by atoms with van der Waals surface area (Å²) in [5.41, 5.74) is 0.414. The van der Waals surface area contributed by atoms with Gasteiger partial charge in [0.2, 0.25) is 0 Å². The minimum absolute atomic E-state index is 0.116. The molecular formula is C13H15F6N. The van der Waals surface area contributed by atoms with Crippen LogP contribution in [-0.2, 0) is 0 Å². The van der Waals surface area contributed by atoms with Gasteiger partial charge in [0.1, 0.15) is 0 Å². The summed E-state index contributed by atoms with van der Waals surface area (Å²) in [5, 5.41) is 2.55. The Labute approximate surface area is 113 Å². The highest BCUT2D eigenvalue weighted by Crippen LogP contribution is 2.29. The molecule has 1 aromatic carbocycles. The Balaban J connectivity index is 2.56. The van der Waals surface area contributed by atoms with E-state index in [2.05, 4.69) is 5.32 Å². The first-order valence-electron chi connectivity index (χ1n) is 6.09. The number of halogens is 6. The number of alkyl halides is 6. The molecule has 0 aliphatic heterocycles. The highest BCUT2D eigenvalue weighted by molar-refractivity contribution is 5.19. The molecule has 0 aromatic heterocycles. The van der Waals surface area contributed by atoms with Crippen molar-refractivity contribution < 1.29 is 26.3 Å². The van der Waals surface area contributed by atoms with Gasteiger partial charge in [0, 0.05) is 12.5 Å². The molecule has 0 aliphatic carbocycles. The van der Waals surface area contributed by atoms with E-state index in [4.69, 9.17) is 0 Å². The van der Waals surface area contributed by atoms with Gasteiger partial charge in [-0.2, -0.15) is 26.3 Å². The van der Waals surface area contributed by atoms with Gasteiger partial charge in [-0.05, 0) is 18.5 Å². The third-order valence-electron chi connectivity index (χ3n) is 2.67. The van der Waals surface area contributed by atoms with Crippen molar-refractivity contribution >= 4 is 0 Å². The summed E-state index contributed by atoms with van der Waals surface area (Å²) in [5.74, 6) is 0. The van der Waals surface area contributed by atoms with Crippen molar-refractivity contribution in [2.24, 2.45) is 0 Å². The van der Waals surface area contributed by atoms with Crippen LogP contribution < -0.4 is 5.32 Å². The number of hydrogen-bond donors (Lipinski definition) is 1. The molecule has 0 heterocycles. The highest BCUT2D eigenvalue weighted by atomic mass is 19.4. The molecule has 0 spiro atoms. The molecule has 0 bridgehead atoms. The van der Waals surface area contributed by atoms with E-state index in [-0.39, 0.29) is 13.0 Å². The Kier molecular flexibility index (Phi) is 5.86. The molecule has 1 nitrogen and oxygen atoms in total. The van der Waals surface area contributed by atoms with Crippen LogP contribution in [0.25, 0.3) is 0 Å². The fourth-order valence-electron chi connectivity index (χ4n) is 1.79. The van der Waals surface area contributed by atoms with Crippen molar-refractivity contribution in [1.82, 2.24) is 5.32 Å². The lowest BCUT2D eigenvalue weighted by atomic mass is 10.0. The van der Waals surface area contributed by atoms with E-state index in [0.717, 1.165) is 0 Å². The van der Waals surface area contributed by atoms with Gasteiger partial charge in [0.05, 0.1) is 6.42 Å². The lowest BCUT2D eigenvalue weighted by Crippen LogP contribution is -2.28. The van der Waals surface area contributed by atoms with Crippen molar-refractivity contribution in [2.75, 3.05) is 6.54 Å². The minimum atomic E-state index is -4.38. The third kappa shape index (κ3) is 7.37. The van der Waals surface area contributed by atoms with E-state index in [1.807, 2.05) is 0 Å². The molecule has 0 saturated heterocycles. The summed E-state index contributed by atoms with van der Waals surface area (Å²) in [7, 11) is 0. The quantitative estimate of drug-likeness (QED) is 0.597. The standard InChI is InChI=1S/C13H15F6N/c14-12(15,16)7-4-8-20-11(9-13(17,18)19)10-5-2-1-3-6-10/h1-3,5-6,11,20H,4,7-9H2. The minimum Gasteiger partial charge on any atom is -0.310 e. The molecular weight excluding hydrogens is 284 g/mol.